The fraction of sp³-hybridized carbons (Fsp3) is 0.125. The zero-order valence-corrected chi connectivity index (χ0v) is 15.8. The van der Waals surface area contributed by atoms with Gasteiger partial charge in [0.25, 0.3) is 20.0 Å². The van der Waals surface area contributed by atoms with Crippen molar-refractivity contribution in [3.63, 3.8) is 0 Å². The van der Waals surface area contributed by atoms with E-state index in [1.54, 1.807) is 24.3 Å². The predicted molar refractivity (Wildman–Crippen MR) is 100.0 cm³/mol. The molecule has 0 aliphatic rings. The van der Waals surface area contributed by atoms with Crippen LogP contribution in [0, 0.1) is 13.8 Å². The number of hydrogen-bond acceptors (Lipinski definition) is 6. The largest absolute Gasteiger partial charge is 0.276 e. The summed E-state index contributed by atoms with van der Waals surface area (Å²) < 4.78 is 47.9. The van der Waals surface area contributed by atoms with Gasteiger partial charge < -0.3 is 0 Å². The Morgan fingerprint density at radius 3 is 1.27 bits per heavy atom. The highest BCUT2D eigenvalue weighted by atomic mass is 32.2. The summed E-state index contributed by atoms with van der Waals surface area (Å²) in [5.74, 6) is 0. The quantitative estimate of drug-likeness (QED) is 0.547. The van der Waals surface area contributed by atoms with Crippen LogP contribution in [0.1, 0.15) is 11.1 Å². The summed E-state index contributed by atoms with van der Waals surface area (Å²) in [5, 5.41) is 7.00. The van der Waals surface area contributed by atoms with Crippen molar-refractivity contribution in [3.05, 3.63) is 59.7 Å². The fourth-order valence-electron chi connectivity index (χ4n) is 1.81. The average Bonchev–Trinajstić information content (AvgIpc) is 2.58. The number of nitrogens with zero attached hydrogens (tertiary/aromatic N) is 2. The molecule has 0 heterocycles. The van der Waals surface area contributed by atoms with E-state index in [4.69, 9.17) is 0 Å². The molecular formula is C16H18N4O4S2. The Labute approximate surface area is 152 Å². The molecule has 0 amide bonds. The third-order valence-corrected chi connectivity index (χ3v) is 5.70. The summed E-state index contributed by atoms with van der Waals surface area (Å²) in [4.78, 5) is 4.14. The van der Waals surface area contributed by atoms with Crippen LogP contribution in [0.2, 0.25) is 0 Å². The third-order valence-electron chi connectivity index (χ3n) is 3.22. The second kappa shape index (κ2) is 8.11. The maximum absolute atomic E-state index is 12.0. The molecular weight excluding hydrogens is 376 g/mol. The van der Waals surface area contributed by atoms with Gasteiger partial charge in [-0.2, -0.15) is 27.0 Å². The molecule has 138 valence electrons. The van der Waals surface area contributed by atoms with Gasteiger partial charge in [0.2, 0.25) is 0 Å². The minimum Gasteiger partial charge on any atom is -0.200 e. The van der Waals surface area contributed by atoms with Crippen molar-refractivity contribution in [3.8, 4) is 0 Å². The minimum absolute atomic E-state index is 0.0669. The van der Waals surface area contributed by atoms with Crippen molar-refractivity contribution in [2.75, 3.05) is 0 Å². The van der Waals surface area contributed by atoms with Crippen molar-refractivity contribution in [2.24, 2.45) is 10.2 Å². The molecule has 2 aromatic rings. The first kappa shape index (κ1) is 19.6. The highest BCUT2D eigenvalue weighted by molar-refractivity contribution is 7.89. The average molecular weight is 394 g/mol. The number of hydrazone groups is 2. The predicted octanol–water partition coefficient (Wildman–Crippen LogP) is 1.53. The van der Waals surface area contributed by atoms with Gasteiger partial charge in [-0.15, -0.1) is 0 Å². The van der Waals surface area contributed by atoms with Crippen LogP contribution >= 0.6 is 0 Å². The molecule has 0 aliphatic heterocycles. The van der Waals surface area contributed by atoms with Crippen LogP contribution < -0.4 is 9.66 Å². The fourth-order valence-corrected chi connectivity index (χ4v) is 3.41. The van der Waals surface area contributed by atoms with Crippen LogP contribution in [0.25, 0.3) is 0 Å². The summed E-state index contributed by atoms with van der Waals surface area (Å²) in [6, 6.07) is 12.5. The molecule has 0 spiro atoms. The second-order valence-electron chi connectivity index (χ2n) is 5.37. The molecule has 0 fully saturated rings. The Morgan fingerprint density at radius 1 is 0.654 bits per heavy atom. The lowest BCUT2D eigenvalue weighted by Crippen LogP contribution is -2.19. The zero-order chi connectivity index (χ0) is 19.2. The van der Waals surface area contributed by atoms with Crippen molar-refractivity contribution in [1.29, 1.82) is 0 Å². The number of aryl methyl sites for hydroxylation is 2. The lowest BCUT2D eigenvalue weighted by molar-refractivity contribution is 0.582. The van der Waals surface area contributed by atoms with Crippen LogP contribution in [-0.2, 0) is 20.0 Å². The van der Waals surface area contributed by atoms with Crippen LogP contribution in [0.3, 0.4) is 0 Å². The number of hydrogen-bond donors (Lipinski definition) is 2. The molecule has 0 unspecified atom stereocenters. The molecule has 0 radical (unpaired) electrons. The summed E-state index contributed by atoms with van der Waals surface area (Å²) >= 11 is 0. The Balaban J connectivity index is 1.93. The van der Waals surface area contributed by atoms with Gasteiger partial charge in [-0.1, -0.05) is 35.4 Å². The number of nitrogens with one attached hydrogen (secondary N) is 2. The monoisotopic (exact) mass is 394 g/mol. The molecule has 8 nitrogen and oxygen atoms in total. The van der Waals surface area contributed by atoms with Crippen LogP contribution in [0.4, 0.5) is 0 Å². The van der Waals surface area contributed by atoms with Gasteiger partial charge in [-0.25, -0.2) is 9.66 Å². The van der Waals surface area contributed by atoms with Crippen molar-refractivity contribution >= 4 is 32.5 Å². The lowest BCUT2D eigenvalue weighted by Gasteiger charge is -2.03. The smallest absolute Gasteiger partial charge is 0.200 e. The zero-order valence-electron chi connectivity index (χ0n) is 14.1. The molecule has 2 N–H and O–H groups in total. The lowest BCUT2D eigenvalue weighted by atomic mass is 10.2. The number of sulfonamides is 2. The van der Waals surface area contributed by atoms with E-state index in [-0.39, 0.29) is 9.79 Å². The van der Waals surface area contributed by atoms with Crippen molar-refractivity contribution < 1.29 is 16.8 Å². The van der Waals surface area contributed by atoms with E-state index in [1.165, 1.54) is 24.3 Å². The van der Waals surface area contributed by atoms with Gasteiger partial charge in [0, 0.05) is 0 Å². The molecule has 0 saturated carbocycles. The Bertz CT molecular complexity index is 925. The van der Waals surface area contributed by atoms with E-state index in [0.29, 0.717) is 0 Å². The summed E-state index contributed by atoms with van der Waals surface area (Å²) in [6.07, 6.45) is 2.03. The summed E-state index contributed by atoms with van der Waals surface area (Å²) in [5.41, 5.74) is 1.86. The van der Waals surface area contributed by atoms with Crippen LogP contribution in [-0.4, -0.2) is 29.3 Å². The number of rotatable bonds is 7. The third kappa shape index (κ3) is 5.39. The van der Waals surface area contributed by atoms with Gasteiger partial charge in [0.1, 0.15) is 0 Å². The first-order valence-corrected chi connectivity index (χ1v) is 10.4. The van der Waals surface area contributed by atoms with Gasteiger partial charge in [-0.05, 0) is 38.1 Å². The molecule has 0 saturated heterocycles. The maximum atomic E-state index is 12.0. The molecule has 0 aromatic heterocycles. The van der Waals surface area contributed by atoms with E-state index >= 15 is 0 Å². The molecule has 0 atom stereocenters. The SMILES string of the molecule is Cc1ccc(S(=O)(=O)N/N=C\C=N/NS(=O)(=O)c2ccc(C)cc2)cc1. The topological polar surface area (TPSA) is 117 Å². The summed E-state index contributed by atoms with van der Waals surface area (Å²) in [7, 11) is -7.58. The maximum Gasteiger partial charge on any atom is 0.276 e. The Morgan fingerprint density at radius 2 is 0.962 bits per heavy atom. The molecule has 2 aromatic carbocycles. The van der Waals surface area contributed by atoms with Crippen molar-refractivity contribution in [2.45, 2.75) is 23.6 Å². The van der Waals surface area contributed by atoms with E-state index < -0.39 is 20.0 Å². The summed E-state index contributed by atoms with van der Waals surface area (Å²) in [6.45, 7) is 3.69. The van der Waals surface area contributed by atoms with E-state index in [0.717, 1.165) is 23.6 Å². The van der Waals surface area contributed by atoms with E-state index in [2.05, 4.69) is 10.2 Å². The normalized spacial score (nSPS) is 12.5. The standard InChI is InChI=1S/C16H18N4O4S2/c1-13-3-7-15(8-4-13)25(21,22)19-17-11-12-18-20-26(23,24)16-9-5-14(2)6-10-16/h3-12,19-20H,1-2H3/b17-11-,18-12-. The Hall–Kier alpha value is -2.72. The molecule has 26 heavy (non-hydrogen) atoms. The highest BCUT2D eigenvalue weighted by Crippen LogP contribution is 2.10. The Kier molecular flexibility index (Phi) is 6.11. The first-order chi connectivity index (χ1) is 12.2. The van der Waals surface area contributed by atoms with Crippen molar-refractivity contribution in [1.82, 2.24) is 9.66 Å². The van der Waals surface area contributed by atoms with Gasteiger partial charge in [-0.3, -0.25) is 0 Å². The van der Waals surface area contributed by atoms with Crippen LogP contribution in [0.15, 0.2) is 68.5 Å². The molecule has 0 aliphatic carbocycles. The highest BCUT2D eigenvalue weighted by Gasteiger charge is 2.12. The first-order valence-electron chi connectivity index (χ1n) is 7.42. The minimum atomic E-state index is -3.79. The molecule has 2 rings (SSSR count). The van der Waals surface area contributed by atoms with Gasteiger partial charge >= 0.3 is 0 Å². The van der Waals surface area contributed by atoms with Gasteiger partial charge in [0.05, 0.1) is 22.2 Å². The van der Waals surface area contributed by atoms with E-state index in [1.807, 2.05) is 23.5 Å². The molecule has 10 heteroatoms. The van der Waals surface area contributed by atoms with Gasteiger partial charge in [0.15, 0.2) is 0 Å². The van der Waals surface area contributed by atoms with Crippen LogP contribution in [0.5, 0.6) is 0 Å². The molecule has 0 bridgehead atoms. The van der Waals surface area contributed by atoms with E-state index in [9.17, 15) is 16.8 Å². The number of benzene rings is 2. The second-order valence-corrected chi connectivity index (χ2v) is 8.69.